The molecule has 0 unspecified atom stereocenters. The van der Waals surface area contributed by atoms with Crippen LogP contribution in [0.2, 0.25) is 5.02 Å². The molecule has 3 aliphatic heterocycles. The zero-order valence-corrected chi connectivity index (χ0v) is 22.8. The van der Waals surface area contributed by atoms with Crippen LogP contribution in [0.3, 0.4) is 0 Å². The van der Waals surface area contributed by atoms with Crippen LogP contribution in [0.5, 0.6) is 5.75 Å². The minimum atomic E-state index is -1.38. The first-order valence-electron chi connectivity index (χ1n) is 13.4. The predicted octanol–water partition coefficient (Wildman–Crippen LogP) is 6.20. The highest BCUT2D eigenvalue weighted by atomic mass is 35.5. The van der Waals surface area contributed by atoms with E-state index in [0.29, 0.717) is 33.1 Å². The summed E-state index contributed by atoms with van der Waals surface area (Å²) in [6, 6.07) is 27.2. The molecule has 1 spiro atoms. The Morgan fingerprint density at radius 1 is 0.878 bits per heavy atom. The summed E-state index contributed by atoms with van der Waals surface area (Å²) in [5.74, 6) is -1.38. The van der Waals surface area contributed by atoms with Crippen molar-refractivity contribution in [2.45, 2.75) is 17.5 Å². The number of hydrogen-bond acceptors (Lipinski definition) is 5. The van der Waals surface area contributed by atoms with E-state index in [1.807, 2.05) is 65.6 Å². The lowest BCUT2D eigenvalue weighted by Crippen LogP contribution is -2.51. The number of fused-ring (bicyclic) bond motifs is 6. The van der Waals surface area contributed by atoms with Crippen molar-refractivity contribution >= 4 is 46.5 Å². The number of nitrogens with one attached hydrogen (secondary N) is 1. The number of ether oxygens (including phenoxy) is 1. The van der Waals surface area contributed by atoms with E-state index in [9.17, 15) is 14.4 Å². The predicted molar refractivity (Wildman–Crippen MR) is 159 cm³/mol. The highest BCUT2D eigenvalue weighted by Gasteiger charge is 2.70. The third-order valence-electron chi connectivity index (χ3n) is 8.61. The van der Waals surface area contributed by atoms with E-state index in [1.54, 1.807) is 55.6 Å². The van der Waals surface area contributed by atoms with Gasteiger partial charge in [0.1, 0.15) is 17.2 Å². The summed E-state index contributed by atoms with van der Waals surface area (Å²) in [5.41, 5.74) is 2.35. The van der Waals surface area contributed by atoms with E-state index in [0.717, 1.165) is 11.3 Å². The Morgan fingerprint density at radius 2 is 1.59 bits per heavy atom. The van der Waals surface area contributed by atoms with Gasteiger partial charge in [-0.25, -0.2) is 0 Å². The summed E-state index contributed by atoms with van der Waals surface area (Å²) in [4.78, 5) is 45.8. The Morgan fingerprint density at radius 3 is 2.37 bits per heavy atom. The second-order valence-electron chi connectivity index (χ2n) is 10.5. The van der Waals surface area contributed by atoms with Crippen LogP contribution in [0.4, 0.5) is 11.4 Å². The van der Waals surface area contributed by atoms with E-state index in [4.69, 9.17) is 16.3 Å². The Labute approximate surface area is 242 Å². The number of amides is 1. The number of methoxy groups -OCH3 is 1. The van der Waals surface area contributed by atoms with Gasteiger partial charge in [0.2, 0.25) is 5.91 Å². The van der Waals surface area contributed by atoms with Crippen LogP contribution < -0.4 is 15.0 Å². The molecule has 0 aliphatic carbocycles. The lowest BCUT2D eigenvalue weighted by atomic mass is 9.64. The van der Waals surface area contributed by atoms with Crippen LogP contribution >= 0.6 is 11.6 Å². The molecular formula is C34H25ClN2O4. The van der Waals surface area contributed by atoms with Crippen molar-refractivity contribution < 1.29 is 19.1 Å². The molecule has 7 heteroatoms. The van der Waals surface area contributed by atoms with E-state index >= 15 is 0 Å². The molecule has 3 heterocycles. The Balaban J connectivity index is 1.53. The second kappa shape index (κ2) is 9.46. The van der Waals surface area contributed by atoms with E-state index in [-0.39, 0.29) is 17.5 Å². The van der Waals surface area contributed by atoms with Gasteiger partial charge in [-0.05, 0) is 59.7 Å². The number of Topliss-reactive ketones (excluding diaryl/α,β-unsaturated/α-hetero) is 2. The smallest absolute Gasteiger partial charge is 0.238 e. The van der Waals surface area contributed by atoms with Gasteiger partial charge in [0.05, 0.1) is 24.1 Å². The van der Waals surface area contributed by atoms with Crippen LogP contribution in [0.25, 0.3) is 6.08 Å². The number of hydrogen-bond donors (Lipinski definition) is 1. The first kappa shape index (κ1) is 25.3. The molecule has 1 N–H and O–H groups in total. The van der Waals surface area contributed by atoms with Crippen LogP contribution in [0, 0.1) is 5.92 Å². The van der Waals surface area contributed by atoms with Gasteiger partial charge < -0.3 is 15.0 Å². The third-order valence-corrected chi connectivity index (χ3v) is 8.94. The molecule has 4 atom stereocenters. The molecule has 0 bridgehead atoms. The molecule has 3 aliphatic rings. The number of benzene rings is 4. The quantitative estimate of drug-likeness (QED) is 0.294. The molecule has 7 rings (SSSR count). The Bertz CT molecular complexity index is 1760. The van der Waals surface area contributed by atoms with Crippen molar-refractivity contribution in [3.8, 4) is 5.75 Å². The number of carbonyl (C=O) groups is 3. The van der Waals surface area contributed by atoms with Crippen molar-refractivity contribution in [2.75, 3.05) is 17.3 Å². The molecule has 6 nitrogen and oxygen atoms in total. The molecule has 0 saturated carbocycles. The van der Waals surface area contributed by atoms with Gasteiger partial charge in [0.15, 0.2) is 11.6 Å². The number of para-hydroxylation sites is 2. The summed E-state index contributed by atoms with van der Waals surface area (Å²) in [7, 11) is 1.56. The fourth-order valence-corrected chi connectivity index (χ4v) is 7.10. The van der Waals surface area contributed by atoms with E-state index in [1.165, 1.54) is 0 Å². The van der Waals surface area contributed by atoms with Gasteiger partial charge in [-0.1, -0.05) is 72.3 Å². The summed E-state index contributed by atoms with van der Waals surface area (Å²) < 4.78 is 5.32. The lowest BCUT2D eigenvalue weighted by molar-refractivity contribution is -0.121. The lowest BCUT2D eigenvalue weighted by Gasteiger charge is -2.37. The largest absolute Gasteiger partial charge is 0.497 e. The van der Waals surface area contributed by atoms with Crippen LogP contribution in [0.1, 0.15) is 31.8 Å². The molecule has 1 saturated heterocycles. The van der Waals surface area contributed by atoms with Crippen molar-refractivity contribution in [2.24, 2.45) is 5.92 Å². The monoisotopic (exact) mass is 560 g/mol. The average molecular weight is 561 g/mol. The van der Waals surface area contributed by atoms with E-state index in [2.05, 4.69) is 5.32 Å². The number of halogens is 1. The highest BCUT2D eigenvalue weighted by molar-refractivity contribution is 6.34. The van der Waals surface area contributed by atoms with Crippen LogP contribution in [-0.2, 0) is 10.2 Å². The first-order chi connectivity index (χ1) is 20.0. The Kier molecular flexibility index (Phi) is 5.84. The Hall–Kier alpha value is -4.68. The minimum absolute atomic E-state index is 0.294. The highest BCUT2D eigenvalue weighted by Crippen LogP contribution is 2.58. The fraction of sp³-hybridized carbons (Fsp3) is 0.147. The number of carbonyl (C=O) groups excluding carboxylic acids is 3. The molecule has 1 fully saturated rings. The topological polar surface area (TPSA) is 75.7 Å². The SMILES string of the molecule is COc1ccc(C(=O)[C@H]2[C@@H](C(=O)c3ccccc3Cl)N3c4ccccc4C=C[C@@H]3[C@]23C(=O)Nc2ccccc23)cc1. The number of ketones is 2. The van der Waals surface area contributed by atoms with Gasteiger partial charge in [-0.3, -0.25) is 14.4 Å². The first-order valence-corrected chi connectivity index (χ1v) is 13.8. The van der Waals surface area contributed by atoms with Crippen molar-refractivity contribution in [3.05, 3.63) is 130 Å². The summed E-state index contributed by atoms with van der Waals surface area (Å²) >= 11 is 6.58. The molecule has 0 aromatic heterocycles. The average Bonchev–Trinajstić information content (AvgIpc) is 3.49. The number of nitrogens with zero attached hydrogens (tertiary/aromatic N) is 1. The van der Waals surface area contributed by atoms with Crippen LogP contribution in [-0.4, -0.2) is 36.7 Å². The molecule has 1 amide bonds. The van der Waals surface area contributed by atoms with Crippen molar-refractivity contribution in [1.29, 1.82) is 0 Å². The zero-order valence-electron chi connectivity index (χ0n) is 22.1. The summed E-state index contributed by atoms with van der Waals surface area (Å²) in [5, 5.41) is 3.34. The number of anilines is 2. The van der Waals surface area contributed by atoms with Crippen LogP contribution in [0.15, 0.2) is 103 Å². The van der Waals surface area contributed by atoms with Crippen molar-refractivity contribution in [1.82, 2.24) is 0 Å². The molecule has 0 radical (unpaired) electrons. The summed E-state index contributed by atoms with van der Waals surface area (Å²) in [6.45, 7) is 0. The van der Waals surface area contributed by atoms with E-state index < -0.39 is 23.4 Å². The normalized spacial score (nSPS) is 23.5. The van der Waals surface area contributed by atoms with Gasteiger partial charge >= 0.3 is 0 Å². The minimum Gasteiger partial charge on any atom is -0.497 e. The molecular weight excluding hydrogens is 536 g/mol. The molecule has 4 aromatic carbocycles. The summed E-state index contributed by atoms with van der Waals surface area (Å²) in [6.07, 6.45) is 3.93. The third kappa shape index (κ3) is 3.54. The van der Waals surface area contributed by atoms with Gasteiger partial charge in [0.25, 0.3) is 0 Å². The maximum atomic E-state index is 14.8. The van der Waals surface area contributed by atoms with Gasteiger partial charge in [-0.2, -0.15) is 0 Å². The maximum absolute atomic E-state index is 14.8. The van der Waals surface area contributed by atoms with Gasteiger partial charge in [-0.15, -0.1) is 0 Å². The maximum Gasteiger partial charge on any atom is 0.238 e. The molecule has 4 aromatic rings. The zero-order chi connectivity index (χ0) is 28.3. The number of rotatable bonds is 5. The second-order valence-corrected chi connectivity index (χ2v) is 10.9. The fourth-order valence-electron chi connectivity index (χ4n) is 6.87. The van der Waals surface area contributed by atoms with Gasteiger partial charge in [0, 0.05) is 22.5 Å². The van der Waals surface area contributed by atoms with Crippen molar-refractivity contribution in [3.63, 3.8) is 0 Å². The standard InChI is InChI=1S/C34H25ClN2O4/c1-41-22-17-14-21(15-18-22)31(38)29-30(32(39)23-9-3-5-11-25(23)35)37-27-13-7-2-8-20(27)16-19-28(37)34(29)24-10-4-6-12-26(24)36-33(34)40/h2-19,28-30H,1H3,(H,36,40)/t28-,29-,30+,34+/m1/s1. The molecule has 202 valence electrons. The molecule has 41 heavy (non-hydrogen) atoms.